The molecule has 0 bridgehead atoms. The Morgan fingerprint density at radius 1 is 0.880 bits per heavy atom. The van der Waals surface area contributed by atoms with Crippen LogP contribution in [0.4, 0.5) is 11.4 Å². The highest BCUT2D eigenvalue weighted by Gasteiger charge is 2.13. The van der Waals surface area contributed by atoms with Crippen LogP contribution in [-0.4, -0.2) is 33.5 Å². The zero-order valence-corrected chi connectivity index (χ0v) is 16.6. The molecule has 0 spiro atoms. The first kappa shape index (κ1) is 18.0. The molecule has 0 N–H and O–H groups in total. The number of carbonyl (C=O) groups excluding carboxylic acids is 1. The summed E-state index contributed by atoms with van der Waals surface area (Å²) in [5.74, 6) is 0. The molecule has 4 rings (SSSR count). The number of anilines is 2. The minimum atomic E-state index is 0.771. The van der Waals surface area contributed by atoms with Gasteiger partial charge in [0.1, 0.15) is 6.29 Å². The monoisotopic (exact) mass is 400 g/mol. The Labute approximate surface area is 158 Å². The molecule has 2 aromatic carbocycles. The molecule has 2 heterocycles. The van der Waals surface area contributed by atoms with Crippen LogP contribution in [0.2, 0.25) is 0 Å². The topological polar surface area (TPSA) is 23.6 Å². The summed E-state index contributed by atoms with van der Waals surface area (Å²) < 4.78 is 1.18. The molecule has 2 aliphatic rings. The second-order valence-corrected chi connectivity index (χ2v) is 7.74. The molecule has 0 unspecified atom stereocenters. The summed E-state index contributed by atoms with van der Waals surface area (Å²) >= 11 is 3.49. The Balaban J connectivity index is 0.000000146. The Hall–Kier alpha value is -1.81. The Morgan fingerprint density at radius 2 is 1.44 bits per heavy atom. The van der Waals surface area contributed by atoms with E-state index in [1.807, 2.05) is 12.1 Å². The highest BCUT2D eigenvalue weighted by molar-refractivity contribution is 9.10. The number of hydrogen-bond donors (Lipinski definition) is 0. The zero-order valence-electron chi connectivity index (χ0n) is 15.0. The third-order valence-corrected chi connectivity index (χ3v) is 5.49. The van der Waals surface area contributed by atoms with Gasteiger partial charge in [-0.25, -0.2) is 0 Å². The molecule has 0 atom stereocenters. The molecule has 2 aliphatic heterocycles. The normalized spacial score (nSPS) is 15.6. The second-order valence-electron chi connectivity index (χ2n) is 6.83. The van der Waals surface area contributed by atoms with Crippen LogP contribution in [0.25, 0.3) is 0 Å². The first-order valence-electron chi connectivity index (χ1n) is 8.87. The molecular weight excluding hydrogens is 376 g/mol. The van der Waals surface area contributed by atoms with Crippen LogP contribution < -0.4 is 9.80 Å². The first-order chi connectivity index (χ1) is 12.1. The maximum Gasteiger partial charge on any atom is 0.150 e. The number of aldehydes is 1. The summed E-state index contributed by atoms with van der Waals surface area (Å²) in [6, 6.07) is 12.5. The van der Waals surface area contributed by atoms with E-state index in [0.29, 0.717) is 0 Å². The van der Waals surface area contributed by atoms with Gasteiger partial charge in [-0.15, -0.1) is 0 Å². The molecule has 0 saturated carbocycles. The largest absolute Gasteiger partial charge is 0.374 e. The minimum absolute atomic E-state index is 0.771. The number of rotatable bonds is 1. The summed E-state index contributed by atoms with van der Waals surface area (Å²) in [5, 5.41) is 0. The first-order valence-corrected chi connectivity index (χ1v) is 9.66. The van der Waals surface area contributed by atoms with Gasteiger partial charge in [-0.2, -0.15) is 0 Å². The van der Waals surface area contributed by atoms with Gasteiger partial charge in [-0.05, 0) is 55.0 Å². The standard InChI is InChI=1S/C11H13NO.C10H12BrN/c1-12-6-2-3-10-5-4-9(8-13)7-11(10)12;1-12-6-2-3-8-4-5-9(11)7-10(8)12/h4-5,7-8H,2-3,6H2,1H3;4-5,7H,2-3,6H2,1H3. The van der Waals surface area contributed by atoms with Gasteiger partial charge in [-0.3, -0.25) is 4.79 Å². The summed E-state index contributed by atoms with van der Waals surface area (Å²) in [6.45, 7) is 2.28. The smallest absolute Gasteiger partial charge is 0.150 e. The van der Waals surface area contributed by atoms with Gasteiger partial charge < -0.3 is 9.80 Å². The molecule has 4 heteroatoms. The van der Waals surface area contributed by atoms with Crippen molar-refractivity contribution in [2.45, 2.75) is 25.7 Å². The molecule has 25 heavy (non-hydrogen) atoms. The van der Waals surface area contributed by atoms with E-state index in [4.69, 9.17) is 0 Å². The second kappa shape index (κ2) is 8.05. The van der Waals surface area contributed by atoms with E-state index in [2.05, 4.69) is 64.1 Å². The number of benzene rings is 2. The predicted molar refractivity (Wildman–Crippen MR) is 109 cm³/mol. The van der Waals surface area contributed by atoms with Gasteiger partial charge in [0.05, 0.1) is 0 Å². The van der Waals surface area contributed by atoms with Gasteiger partial charge in [0, 0.05) is 48.6 Å². The molecule has 0 amide bonds. The molecule has 132 valence electrons. The van der Waals surface area contributed by atoms with Gasteiger partial charge >= 0.3 is 0 Å². The van der Waals surface area contributed by atoms with Crippen molar-refractivity contribution in [3.05, 3.63) is 57.6 Å². The van der Waals surface area contributed by atoms with Crippen LogP contribution in [0.3, 0.4) is 0 Å². The molecular formula is C21H25BrN2O. The lowest BCUT2D eigenvalue weighted by atomic mass is 10.0. The number of hydrogen-bond acceptors (Lipinski definition) is 3. The van der Waals surface area contributed by atoms with Gasteiger partial charge in [0.15, 0.2) is 0 Å². The van der Waals surface area contributed by atoms with Crippen molar-refractivity contribution in [2.24, 2.45) is 0 Å². The minimum Gasteiger partial charge on any atom is -0.374 e. The Bertz CT molecular complexity index is 760. The van der Waals surface area contributed by atoms with E-state index >= 15 is 0 Å². The summed E-state index contributed by atoms with van der Waals surface area (Å²) in [4.78, 5) is 15.1. The van der Waals surface area contributed by atoms with Crippen LogP contribution >= 0.6 is 15.9 Å². The Morgan fingerprint density at radius 3 is 2.04 bits per heavy atom. The average molecular weight is 401 g/mol. The molecule has 2 aromatic rings. The van der Waals surface area contributed by atoms with E-state index in [1.165, 1.54) is 52.8 Å². The lowest BCUT2D eigenvalue weighted by molar-refractivity contribution is 0.112. The number of halogens is 1. The third kappa shape index (κ3) is 4.24. The van der Waals surface area contributed by atoms with Crippen LogP contribution in [0.1, 0.15) is 34.3 Å². The van der Waals surface area contributed by atoms with Crippen molar-refractivity contribution < 1.29 is 4.79 Å². The van der Waals surface area contributed by atoms with Crippen molar-refractivity contribution in [3.63, 3.8) is 0 Å². The predicted octanol–water partition coefficient (Wildman–Crippen LogP) is 4.71. The van der Waals surface area contributed by atoms with Crippen molar-refractivity contribution in [3.8, 4) is 0 Å². The molecule has 0 radical (unpaired) electrons. The maximum absolute atomic E-state index is 10.6. The summed E-state index contributed by atoms with van der Waals surface area (Å²) in [7, 11) is 4.23. The molecule has 0 aromatic heterocycles. The van der Waals surface area contributed by atoms with Crippen LogP contribution in [0.15, 0.2) is 40.9 Å². The van der Waals surface area contributed by atoms with Crippen LogP contribution in [0.5, 0.6) is 0 Å². The van der Waals surface area contributed by atoms with E-state index in [9.17, 15) is 4.79 Å². The maximum atomic E-state index is 10.6. The van der Waals surface area contributed by atoms with Crippen molar-refractivity contribution >= 4 is 33.6 Å². The third-order valence-electron chi connectivity index (χ3n) is 4.99. The van der Waals surface area contributed by atoms with E-state index in [1.54, 1.807) is 0 Å². The highest BCUT2D eigenvalue weighted by Crippen LogP contribution is 2.29. The van der Waals surface area contributed by atoms with Crippen molar-refractivity contribution in [1.82, 2.24) is 0 Å². The van der Waals surface area contributed by atoms with Crippen LogP contribution in [-0.2, 0) is 12.8 Å². The highest BCUT2D eigenvalue weighted by atomic mass is 79.9. The van der Waals surface area contributed by atoms with E-state index in [0.717, 1.165) is 24.8 Å². The fourth-order valence-electron chi connectivity index (χ4n) is 3.58. The van der Waals surface area contributed by atoms with Gasteiger partial charge in [-0.1, -0.05) is 34.1 Å². The molecule has 0 aliphatic carbocycles. The zero-order chi connectivity index (χ0) is 17.8. The molecule has 0 fully saturated rings. The van der Waals surface area contributed by atoms with Gasteiger partial charge in [0.2, 0.25) is 0 Å². The number of carbonyl (C=O) groups is 1. The summed E-state index contributed by atoms with van der Waals surface area (Å²) in [5.41, 5.74) is 6.21. The van der Waals surface area contributed by atoms with Crippen molar-refractivity contribution in [1.29, 1.82) is 0 Å². The molecule has 3 nitrogen and oxygen atoms in total. The average Bonchev–Trinajstić information content (AvgIpc) is 2.63. The van der Waals surface area contributed by atoms with E-state index < -0.39 is 0 Å². The fourth-order valence-corrected chi connectivity index (χ4v) is 3.93. The number of aryl methyl sites for hydroxylation is 2. The summed E-state index contributed by atoms with van der Waals surface area (Å²) in [6.07, 6.45) is 5.77. The van der Waals surface area contributed by atoms with Crippen LogP contribution in [0, 0.1) is 0 Å². The lowest BCUT2D eigenvalue weighted by Crippen LogP contribution is -2.24. The lowest BCUT2D eigenvalue weighted by Gasteiger charge is -2.27. The fraction of sp³-hybridized carbons (Fsp3) is 0.381. The number of nitrogens with zero attached hydrogens (tertiary/aromatic N) is 2. The SMILES string of the molecule is CN1CCCc2ccc(Br)cc21.CN1CCCc2ccc(C=O)cc21. The van der Waals surface area contributed by atoms with E-state index in [-0.39, 0.29) is 0 Å². The quantitative estimate of drug-likeness (QED) is 0.647. The number of fused-ring (bicyclic) bond motifs is 2. The van der Waals surface area contributed by atoms with Crippen molar-refractivity contribution in [2.75, 3.05) is 37.0 Å². The Kier molecular flexibility index (Phi) is 5.79. The van der Waals surface area contributed by atoms with Gasteiger partial charge in [0.25, 0.3) is 0 Å². The molecule has 0 saturated heterocycles.